The fourth-order valence-electron chi connectivity index (χ4n) is 9.42. The molecule has 0 fully saturated rings. The quantitative estimate of drug-likeness (QED) is 0.151. The zero-order valence-corrected chi connectivity index (χ0v) is 42.2. The van der Waals surface area contributed by atoms with Crippen LogP contribution >= 0.6 is 34.0 Å². The van der Waals surface area contributed by atoms with E-state index >= 15 is 0 Å². The van der Waals surface area contributed by atoms with Gasteiger partial charge in [-0.15, -0.1) is 34.0 Å². The second kappa shape index (κ2) is 19.5. The van der Waals surface area contributed by atoms with Crippen LogP contribution in [-0.2, 0) is 0 Å². The number of furan rings is 2. The standard InChI is InChI=1S/2C13H10O.3C13H10S/c1-9-5-4-8-12-13(9)10-6-2-3-7-11(10)14-12;1-9-6-7-13-11(8-9)10-4-2-3-5-12(10)14-13;1-9-5-4-8-12-13(9)10-6-2-3-7-11(10)14-12;1-9-6-7-13-11(8-9)10-4-2-3-5-12(10)14-13;1-9-6-7-11-10-4-2-3-5-12(10)14-13(11)8-9/h5*2-8H,1H3. The maximum Gasteiger partial charge on any atom is 0.135 e. The smallest absolute Gasteiger partial charge is 0.135 e. The minimum atomic E-state index is 0.966. The minimum absolute atomic E-state index is 0.966. The molecule has 5 aromatic heterocycles. The Hall–Kier alpha value is -7.54. The van der Waals surface area contributed by atoms with Gasteiger partial charge in [0, 0.05) is 82.1 Å². The Bertz CT molecular complexity index is 4090. The number of hydrogen-bond acceptors (Lipinski definition) is 5. The summed E-state index contributed by atoms with van der Waals surface area (Å²) in [4.78, 5) is 0. The lowest BCUT2D eigenvalue weighted by Crippen LogP contribution is -1.72. The van der Waals surface area contributed by atoms with Gasteiger partial charge in [-0.1, -0.05) is 151 Å². The van der Waals surface area contributed by atoms with Crippen LogP contribution in [0.1, 0.15) is 27.8 Å². The molecule has 0 N–H and O–H groups in total. The molecule has 10 aromatic carbocycles. The molecule has 15 aromatic rings. The van der Waals surface area contributed by atoms with Crippen LogP contribution < -0.4 is 0 Å². The molecule has 70 heavy (non-hydrogen) atoms. The van der Waals surface area contributed by atoms with E-state index in [-0.39, 0.29) is 0 Å². The summed E-state index contributed by atoms with van der Waals surface area (Å²) in [5.41, 5.74) is 10.5. The third kappa shape index (κ3) is 8.96. The number of hydrogen-bond donors (Lipinski definition) is 0. The molecular formula is C65H50O2S3. The molecule has 0 amide bonds. The van der Waals surface area contributed by atoms with Gasteiger partial charge in [-0.2, -0.15) is 0 Å². The summed E-state index contributed by atoms with van der Waals surface area (Å²) in [5.74, 6) is 0. The van der Waals surface area contributed by atoms with Crippen molar-refractivity contribution >= 4 is 138 Å². The summed E-state index contributed by atoms with van der Waals surface area (Å²) in [6.07, 6.45) is 0. The Labute approximate surface area is 419 Å². The van der Waals surface area contributed by atoms with E-state index in [0.29, 0.717) is 0 Å². The summed E-state index contributed by atoms with van der Waals surface area (Å²) in [5, 5.41) is 13.2. The number of para-hydroxylation sites is 2. The molecule has 0 aliphatic carbocycles. The van der Waals surface area contributed by atoms with Crippen LogP contribution in [-0.4, -0.2) is 0 Å². The van der Waals surface area contributed by atoms with Gasteiger partial charge < -0.3 is 8.83 Å². The van der Waals surface area contributed by atoms with Crippen LogP contribution in [0.5, 0.6) is 0 Å². The van der Waals surface area contributed by atoms with Crippen LogP contribution in [0, 0.1) is 34.6 Å². The van der Waals surface area contributed by atoms with E-state index in [1.165, 1.54) is 110 Å². The third-order valence-corrected chi connectivity index (χ3v) is 16.2. The Kier molecular flexibility index (Phi) is 12.5. The normalized spacial score (nSPS) is 11.2. The fraction of sp³-hybridized carbons (Fsp3) is 0.0769. The number of thiophene rings is 3. The van der Waals surface area contributed by atoms with Crippen molar-refractivity contribution in [2.75, 3.05) is 0 Å². The van der Waals surface area contributed by atoms with E-state index in [0.717, 1.165) is 22.3 Å². The zero-order chi connectivity index (χ0) is 47.7. The topological polar surface area (TPSA) is 26.3 Å². The van der Waals surface area contributed by atoms with E-state index in [1.807, 2.05) is 88.6 Å². The monoisotopic (exact) mass is 958 g/mol. The summed E-state index contributed by atoms with van der Waals surface area (Å²) in [7, 11) is 0. The van der Waals surface area contributed by atoms with Crippen LogP contribution in [0.3, 0.4) is 0 Å². The van der Waals surface area contributed by atoms with Crippen molar-refractivity contribution in [2.24, 2.45) is 0 Å². The Morgan fingerprint density at radius 1 is 0.243 bits per heavy atom. The van der Waals surface area contributed by atoms with Gasteiger partial charge in [0.1, 0.15) is 22.3 Å². The molecule has 0 bridgehead atoms. The van der Waals surface area contributed by atoms with Crippen LogP contribution in [0.2, 0.25) is 0 Å². The fourth-order valence-corrected chi connectivity index (χ4v) is 12.9. The number of fused-ring (bicyclic) bond motifs is 15. The van der Waals surface area contributed by atoms with Crippen molar-refractivity contribution in [3.8, 4) is 0 Å². The van der Waals surface area contributed by atoms with E-state index in [1.54, 1.807) is 0 Å². The van der Waals surface area contributed by atoms with E-state index in [2.05, 4.69) is 192 Å². The molecule has 5 heterocycles. The van der Waals surface area contributed by atoms with Crippen LogP contribution in [0.4, 0.5) is 0 Å². The Balaban J connectivity index is 0.0000000952. The molecule has 0 unspecified atom stereocenters. The van der Waals surface area contributed by atoms with Gasteiger partial charge >= 0.3 is 0 Å². The highest BCUT2D eigenvalue weighted by atomic mass is 32.1. The number of aryl methyl sites for hydroxylation is 5. The van der Waals surface area contributed by atoms with Gasteiger partial charge in [-0.05, 0) is 124 Å². The zero-order valence-electron chi connectivity index (χ0n) is 39.7. The predicted molar refractivity (Wildman–Crippen MR) is 309 cm³/mol. The van der Waals surface area contributed by atoms with Crippen molar-refractivity contribution in [2.45, 2.75) is 34.6 Å². The van der Waals surface area contributed by atoms with Crippen molar-refractivity contribution in [3.05, 3.63) is 240 Å². The Morgan fingerprint density at radius 2 is 0.657 bits per heavy atom. The van der Waals surface area contributed by atoms with Gasteiger partial charge in [-0.3, -0.25) is 0 Å². The second-order valence-corrected chi connectivity index (χ2v) is 21.1. The lowest BCUT2D eigenvalue weighted by Gasteiger charge is -1.95. The highest BCUT2D eigenvalue weighted by Crippen LogP contribution is 2.37. The van der Waals surface area contributed by atoms with Gasteiger partial charge in [0.2, 0.25) is 0 Å². The molecule has 0 radical (unpaired) electrons. The summed E-state index contributed by atoms with van der Waals surface area (Å²) >= 11 is 5.62. The van der Waals surface area contributed by atoms with E-state index < -0.39 is 0 Å². The highest BCUT2D eigenvalue weighted by molar-refractivity contribution is 7.26. The molecule has 0 saturated heterocycles. The summed E-state index contributed by atoms with van der Waals surface area (Å²) in [6, 6.07) is 74.4. The Morgan fingerprint density at radius 3 is 1.39 bits per heavy atom. The second-order valence-electron chi connectivity index (χ2n) is 17.9. The number of benzene rings is 10. The highest BCUT2D eigenvalue weighted by Gasteiger charge is 2.09. The average Bonchev–Trinajstić information content (AvgIpc) is 4.21. The SMILES string of the molecule is Cc1ccc2c(c1)sc1ccccc12.Cc1ccc2oc3ccccc3c2c1.Cc1ccc2sc3ccccc3c2c1.Cc1cccc2oc3ccccc3c12.Cc1cccc2sc3ccccc3c12. The maximum absolute atomic E-state index is 5.73. The first kappa shape index (κ1) is 44.9. The molecule has 0 aliphatic heterocycles. The van der Waals surface area contributed by atoms with Gasteiger partial charge in [0.25, 0.3) is 0 Å². The first-order chi connectivity index (χ1) is 34.3. The first-order valence-electron chi connectivity index (χ1n) is 23.6. The maximum atomic E-state index is 5.73. The first-order valence-corrected chi connectivity index (χ1v) is 26.1. The summed E-state index contributed by atoms with van der Waals surface area (Å²) in [6.45, 7) is 10.7. The molecule has 340 valence electrons. The number of rotatable bonds is 0. The third-order valence-electron chi connectivity index (χ3n) is 12.8. The van der Waals surface area contributed by atoms with Gasteiger partial charge in [-0.25, -0.2) is 0 Å². The molecule has 5 heteroatoms. The minimum Gasteiger partial charge on any atom is -0.456 e. The van der Waals surface area contributed by atoms with Gasteiger partial charge in [0.15, 0.2) is 0 Å². The van der Waals surface area contributed by atoms with Crippen LogP contribution in [0.15, 0.2) is 221 Å². The lowest BCUT2D eigenvalue weighted by molar-refractivity contribution is 0.668. The van der Waals surface area contributed by atoms with Crippen molar-refractivity contribution in [1.82, 2.24) is 0 Å². The molecule has 0 aliphatic rings. The van der Waals surface area contributed by atoms with Crippen molar-refractivity contribution in [3.63, 3.8) is 0 Å². The van der Waals surface area contributed by atoms with Crippen molar-refractivity contribution < 1.29 is 8.83 Å². The average molecular weight is 959 g/mol. The molecule has 0 atom stereocenters. The molecule has 15 rings (SSSR count). The summed E-state index contributed by atoms with van der Waals surface area (Å²) < 4.78 is 19.8. The largest absolute Gasteiger partial charge is 0.456 e. The molecule has 0 saturated carbocycles. The molecular weight excluding hydrogens is 909 g/mol. The predicted octanol–water partition coefficient (Wildman–Crippen LogP) is 20.9. The van der Waals surface area contributed by atoms with Gasteiger partial charge in [0.05, 0.1) is 0 Å². The lowest BCUT2D eigenvalue weighted by atomic mass is 10.1. The molecule has 2 nitrogen and oxygen atoms in total. The molecule has 0 spiro atoms. The van der Waals surface area contributed by atoms with Crippen LogP contribution in [0.25, 0.3) is 104 Å². The van der Waals surface area contributed by atoms with E-state index in [9.17, 15) is 0 Å². The van der Waals surface area contributed by atoms with E-state index in [4.69, 9.17) is 8.83 Å². The van der Waals surface area contributed by atoms with Crippen molar-refractivity contribution in [1.29, 1.82) is 0 Å².